The summed E-state index contributed by atoms with van der Waals surface area (Å²) < 4.78 is 66.6. The van der Waals surface area contributed by atoms with E-state index in [9.17, 15) is 26.7 Å². The van der Waals surface area contributed by atoms with Crippen molar-refractivity contribution in [1.29, 1.82) is 0 Å². The third-order valence-electron chi connectivity index (χ3n) is 7.40. The number of halogens is 5. The van der Waals surface area contributed by atoms with Crippen LogP contribution in [0.2, 0.25) is 0 Å². The average Bonchev–Trinajstić information content (AvgIpc) is 2.84. The Morgan fingerprint density at radius 1 is 1.11 bits per heavy atom. The SMILES string of the molecule is O=C(CC1CCOCC1)NC1CC2(CCN(Cc3ccc(OCC(F)F)cc3)CC2)C1.O=C(O)C(F)(F)F. The van der Waals surface area contributed by atoms with Crippen LogP contribution in [-0.4, -0.2) is 73.4 Å². The Bertz CT molecular complexity index is 890. The highest BCUT2D eigenvalue weighted by atomic mass is 19.4. The van der Waals surface area contributed by atoms with E-state index in [0.29, 0.717) is 29.5 Å². The quantitative estimate of drug-likeness (QED) is 0.459. The average molecular weight is 551 g/mol. The monoisotopic (exact) mass is 550 g/mol. The molecule has 0 unspecified atom stereocenters. The number of rotatable bonds is 8. The van der Waals surface area contributed by atoms with E-state index in [2.05, 4.69) is 10.2 Å². The largest absolute Gasteiger partial charge is 0.490 e. The first-order valence-corrected chi connectivity index (χ1v) is 12.8. The molecular weight excluding hydrogens is 515 g/mol. The Hall–Kier alpha value is -2.47. The first-order valence-electron chi connectivity index (χ1n) is 12.8. The topological polar surface area (TPSA) is 88.1 Å². The van der Waals surface area contributed by atoms with Crippen LogP contribution in [0.25, 0.3) is 0 Å². The van der Waals surface area contributed by atoms with E-state index < -0.39 is 25.2 Å². The van der Waals surface area contributed by atoms with E-state index in [1.807, 2.05) is 12.1 Å². The molecule has 3 aliphatic rings. The fourth-order valence-corrected chi connectivity index (χ4v) is 5.29. The van der Waals surface area contributed by atoms with Gasteiger partial charge >= 0.3 is 12.1 Å². The molecule has 3 fully saturated rings. The van der Waals surface area contributed by atoms with E-state index in [1.165, 1.54) is 18.4 Å². The molecule has 1 aromatic rings. The maximum atomic E-state index is 12.3. The molecule has 0 atom stereocenters. The molecule has 214 valence electrons. The smallest absolute Gasteiger partial charge is 0.488 e. The van der Waals surface area contributed by atoms with Crippen molar-refractivity contribution in [2.24, 2.45) is 11.3 Å². The number of nitrogens with one attached hydrogen (secondary N) is 1. The molecule has 0 aromatic heterocycles. The number of carboxylic acid groups (broad SMARTS) is 1. The van der Waals surface area contributed by atoms with Crippen molar-refractivity contribution in [3.05, 3.63) is 29.8 Å². The first kappa shape index (κ1) is 30.1. The Labute approximate surface area is 218 Å². The molecule has 4 rings (SSSR count). The van der Waals surface area contributed by atoms with E-state index in [1.54, 1.807) is 12.1 Å². The number of carbonyl (C=O) groups excluding carboxylic acids is 1. The summed E-state index contributed by atoms with van der Waals surface area (Å²) in [6, 6.07) is 7.79. The zero-order chi connectivity index (χ0) is 27.8. The molecule has 7 nitrogen and oxygen atoms in total. The lowest BCUT2D eigenvalue weighted by molar-refractivity contribution is -0.192. The number of benzene rings is 1. The van der Waals surface area contributed by atoms with Crippen LogP contribution in [0.3, 0.4) is 0 Å². The minimum absolute atomic E-state index is 0.213. The molecule has 1 saturated carbocycles. The molecule has 2 N–H and O–H groups in total. The summed E-state index contributed by atoms with van der Waals surface area (Å²) in [7, 11) is 0. The second-order valence-electron chi connectivity index (χ2n) is 10.4. The molecule has 12 heteroatoms. The molecule has 1 spiro atoms. The Morgan fingerprint density at radius 3 is 2.21 bits per heavy atom. The number of nitrogens with zero attached hydrogens (tertiary/aromatic N) is 1. The van der Waals surface area contributed by atoms with Crippen molar-refractivity contribution >= 4 is 11.9 Å². The number of carbonyl (C=O) groups is 2. The summed E-state index contributed by atoms with van der Waals surface area (Å²) in [5, 5.41) is 10.4. The van der Waals surface area contributed by atoms with Crippen molar-refractivity contribution in [2.75, 3.05) is 32.9 Å². The van der Waals surface area contributed by atoms with Gasteiger partial charge in [-0.1, -0.05) is 12.1 Å². The van der Waals surface area contributed by atoms with Crippen molar-refractivity contribution in [2.45, 2.75) is 70.1 Å². The second-order valence-corrected chi connectivity index (χ2v) is 10.4. The van der Waals surface area contributed by atoms with Crippen LogP contribution in [0.1, 0.15) is 50.5 Å². The van der Waals surface area contributed by atoms with Gasteiger partial charge < -0.3 is 19.9 Å². The highest BCUT2D eigenvalue weighted by molar-refractivity contribution is 5.76. The predicted octanol–water partition coefficient (Wildman–Crippen LogP) is 4.64. The van der Waals surface area contributed by atoms with Gasteiger partial charge in [-0.05, 0) is 80.6 Å². The molecular formula is C26H35F5N2O5. The normalized spacial score (nSPS) is 20.4. The van der Waals surface area contributed by atoms with E-state index in [0.717, 1.165) is 58.5 Å². The van der Waals surface area contributed by atoms with Gasteiger partial charge in [-0.2, -0.15) is 13.2 Å². The van der Waals surface area contributed by atoms with Gasteiger partial charge in [0.25, 0.3) is 6.43 Å². The summed E-state index contributed by atoms with van der Waals surface area (Å²) in [6.45, 7) is 4.01. The number of amides is 1. The van der Waals surface area contributed by atoms with Gasteiger partial charge in [0, 0.05) is 32.2 Å². The number of ether oxygens (including phenoxy) is 2. The van der Waals surface area contributed by atoms with Crippen LogP contribution >= 0.6 is 0 Å². The van der Waals surface area contributed by atoms with Gasteiger partial charge in [0.05, 0.1) is 0 Å². The van der Waals surface area contributed by atoms with Crippen molar-refractivity contribution < 1.29 is 46.1 Å². The van der Waals surface area contributed by atoms with Gasteiger partial charge in [-0.3, -0.25) is 9.69 Å². The number of alkyl halides is 5. The zero-order valence-electron chi connectivity index (χ0n) is 21.2. The van der Waals surface area contributed by atoms with Gasteiger partial charge in [0.15, 0.2) is 0 Å². The predicted molar refractivity (Wildman–Crippen MR) is 128 cm³/mol. The Morgan fingerprint density at radius 2 is 1.68 bits per heavy atom. The Balaban J connectivity index is 0.000000505. The molecule has 0 radical (unpaired) electrons. The minimum Gasteiger partial charge on any atom is -0.488 e. The highest BCUT2D eigenvalue weighted by Crippen LogP contribution is 2.49. The van der Waals surface area contributed by atoms with Gasteiger partial charge in [-0.25, -0.2) is 13.6 Å². The van der Waals surface area contributed by atoms with E-state index in [4.69, 9.17) is 19.4 Å². The third kappa shape index (κ3) is 9.68. The summed E-state index contributed by atoms with van der Waals surface area (Å²) in [5.74, 6) is -1.57. The Kier molecular flexibility index (Phi) is 10.7. The number of hydrogen-bond acceptors (Lipinski definition) is 5. The van der Waals surface area contributed by atoms with Crippen LogP contribution in [0.5, 0.6) is 5.75 Å². The second kappa shape index (κ2) is 13.5. The molecule has 2 saturated heterocycles. The number of carboxylic acids is 1. The lowest BCUT2D eigenvalue weighted by Gasteiger charge is -2.52. The van der Waals surface area contributed by atoms with Crippen molar-refractivity contribution in [1.82, 2.24) is 10.2 Å². The highest BCUT2D eigenvalue weighted by Gasteiger charge is 2.46. The van der Waals surface area contributed by atoms with Crippen molar-refractivity contribution in [3.63, 3.8) is 0 Å². The summed E-state index contributed by atoms with van der Waals surface area (Å²) >= 11 is 0. The van der Waals surface area contributed by atoms with Crippen LogP contribution in [-0.2, 0) is 20.9 Å². The van der Waals surface area contributed by atoms with E-state index in [-0.39, 0.29) is 5.91 Å². The maximum absolute atomic E-state index is 12.3. The molecule has 1 amide bonds. The summed E-state index contributed by atoms with van der Waals surface area (Å²) in [6.07, 6.45) is -0.317. The van der Waals surface area contributed by atoms with Gasteiger partial charge in [0.1, 0.15) is 12.4 Å². The van der Waals surface area contributed by atoms with Crippen LogP contribution in [0.4, 0.5) is 22.0 Å². The standard InChI is InChI=1S/C24H34F2N2O3.C2HF3O2/c25-22(26)17-31-21-3-1-19(2-4-21)16-28-9-7-24(8-10-28)14-20(15-24)27-23(29)13-18-5-11-30-12-6-18;3-2(4,5)1(6)7/h1-4,18,20,22H,5-17H2,(H,27,29);(H,6,7). The third-order valence-corrected chi connectivity index (χ3v) is 7.40. The fourth-order valence-electron chi connectivity index (χ4n) is 5.29. The molecule has 38 heavy (non-hydrogen) atoms. The van der Waals surface area contributed by atoms with Gasteiger partial charge in [-0.15, -0.1) is 0 Å². The summed E-state index contributed by atoms with van der Waals surface area (Å²) in [5.41, 5.74) is 1.58. The first-order chi connectivity index (χ1) is 17.9. The van der Waals surface area contributed by atoms with Crippen molar-refractivity contribution in [3.8, 4) is 5.75 Å². The zero-order valence-corrected chi connectivity index (χ0v) is 21.2. The molecule has 2 heterocycles. The molecule has 1 aromatic carbocycles. The number of likely N-dealkylation sites (tertiary alicyclic amines) is 1. The lowest BCUT2D eigenvalue weighted by Crippen LogP contribution is -2.54. The maximum Gasteiger partial charge on any atom is 0.490 e. The fraction of sp³-hybridized carbons (Fsp3) is 0.692. The summed E-state index contributed by atoms with van der Waals surface area (Å²) in [4.78, 5) is 23.7. The minimum atomic E-state index is -5.08. The van der Waals surface area contributed by atoms with Gasteiger partial charge in [0.2, 0.25) is 5.91 Å². The van der Waals surface area contributed by atoms with Crippen LogP contribution < -0.4 is 10.1 Å². The van der Waals surface area contributed by atoms with Crippen LogP contribution in [0.15, 0.2) is 24.3 Å². The molecule has 2 aliphatic heterocycles. The number of hydrogen-bond donors (Lipinski definition) is 2. The number of aliphatic carboxylic acids is 1. The lowest BCUT2D eigenvalue weighted by atomic mass is 9.60. The molecule has 0 bridgehead atoms. The number of piperidine rings is 1. The van der Waals surface area contributed by atoms with Crippen LogP contribution in [0, 0.1) is 11.3 Å². The molecule has 1 aliphatic carbocycles. The van der Waals surface area contributed by atoms with E-state index >= 15 is 0 Å².